The van der Waals surface area contributed by atoms with Crippen LogP contribution in [0.5, 0.6) is 23.0 Å². The van der Waals surface area contributed by atoms with Crippen molar-refractivity contribution in [3.63, 3.8) is 0 Å². The van der Waals surface area contributed by atoms with E-state index in [1.807, 2.05) is 142 Å². The summed E-state index contributed by atoms with van der Waals surface area (Å²) in [7, 11) is 10.2. The summed E-state index contributed by atoms with van der Waals surface area (Å²) in [5, 5.41) is 3.33. The Kier molecular flexibility index (Phi) is 27.8. The molecule has 4 aromatic carbocycles. The standard InChI is InChI=1S/C23H23N5O2.C22H24FN3O2.C22H23N5O2.C21H22FN3O2.C19H21N5O3/c1-15-24-19-6-4-16(11-21(19)30-15)20-12-23(29)28-14-18(5-7-22(28)25-20)27-10-9-26-8-2-3-17(26)13-27;1-24(2)18-8-9-25(13-18)19-6-5-17-10-16(12-22(27)26(17)14-19)15-4-7-21(28-3)20(23)11-15;1-3-25-8-10-26(11-9-25)17-5-7-21-24-19(13-22(28)27(21)14-17)16-4-6-18-20(12-16)29-15(2)23-18;1-27-20-5-2-14(11-19(20)22)15-10-17-3-4-18(13-25(17)21(26)12-15)24-8-6-16(23)7-9-24;1-26-16-9-14(21-11-17(16)27-2)15-10-19(25)24-12-13(3-4-18(24)22-15)23-7-5-20-6-8-23/h4-7,11-12,14,17H,2-3,8-10,13H2,1H3;4-7,10-12,14,18H,8-9,13H2,1-3H3;4-7,12-14H,3,8-11H2,1-2H3;2-5,10-13,16H,6-9,23H2,1H3;3-4,9-12,20H,5-8H2,1-2H3/t17-;;;;/m1..../s1. The Hall–Kier alpha value is -15.2. The Morgan fingerprint density at radius 1 is 0.397 bits per heavy atom. The Morgan fingerprint density at radius 2 is 0.830 bits per heavy atom. The van der Waals surface area contributed by atoms with Gasteiger partial charge in [0.1, 0.15) is 28.0 Å². The number of ether oxygens (including phenoxy) is 4. The molecule has 17 aromatic rings. The molecular formula is C107H113F2N21O11. The van der Waals surface area contributed by atoms with Crippen molar-refractivity contribution in [3.8, 4) is 79.2 Å². The number of rotatable bonds is 16. The number of oxazole rings is 2. The molecule has 32 nitrogen and oxygen atoms in total. The highest BCUT2D eigenvalue weighted by Gasteiger charge is 2.32. The van der Waals surface area contributed by atoms with Crippen molar-refractivity contribution < 1.29 is 36.6 Å². The highest BCUT2D eigenvalue weighted by atomic mass is 19.1. The molecule has 0 radical (unpaired) electrons. The van der Waals surface area contributed by atoms with Gasteiger partial charge in [0.15, 0.2) is 57.6 Å². The maximum Gasteiger partial charge on any atom is 0.258 e. The molecule has 0 amide bonds. The van der Waals surface area contributed by atoms with Gasteiger partial charge in [-0.15, -0.1) is 0 Å². The third-order valence-electron chi connectivity index (χ3n) is 27.4. The summed E-state index contributed by atoms with van der Waals surface area (Å²) in [4.78, 5) is 110. The molecule has 2 atom stereocenters. The summed E-state index contributed by atoms with van der Waals surface area (Å²) in [6, 6.07) is 55.3. The first-order chi connectivity index (χ1) is 68.4. The number of anilines is 5. The van der Waals surface area contributed by atoms with Gasteiger partial charge in [0, 0.05) is 220 Å². The smallest absolute Gasteiger partial charge is 0.258 e. The normalized spacial score (nSPS) is 16.4. The molecule has 13 aromatic heterocycles. The lowest BCUT2D eigenvalue weighted by molar-refractivity contribution is 0.231. The van der Waals surface area contributed by atoms with E-state index in [0.29, 0.717) is 109 Å². The van der Waals surface area contributed by atoms with Crippen LogP contribution in [0.25, 0.3) is 106 Å². The first-order valence-electron chi connectivity index (χ1n) is 47.7. The van der Waals surface area contributed by atoms with Crippen LogP contribution in [0.4, 0.5) is 37.2 Å². The predicted molar refractivity (Wildman–Crippen MR) is 547 cm³/mol. The maximum atomic E-state index is 14.0. The lowest BCUT2D eigenvalue weighted by Crippen LogP contribution is -2.50. The van der Waals surface area contributed by atoms with Gasteiger partial charge < -0.3 is 73.1 Å². The highest BCUT2D eigenvalue weighted by molar-refractivity contribution is 5.82. The largest absolute Gasteiger partial charge is 0.494 e. The number of benzene rings is 4. The number of fused-ring (bicyclic) bond motifs is 8. The lowest BCUT2D eigenvalue weighted by atomic mass is 10.0. The van der Waals surface area contributed by atoms with Crippen LogP contribution >= 0.6 is 0 Å². The predicted octanol–water partition coefficient (Wildman–Crippen LogP) is 13.5. The number of piperidine rings is 1. The van der Waals surface area contributed by atoms with E-state index in [0.717, 1.165) is 186 Å². The molecule has 1 unspecified atom stereocenters. The third kappa shape index (κ3) is 20.8. The summed E-state index contributed by atoms with van der Waals surface area (Å²) in [6.07, 6.45) is 16.6. The summed E-state index contributed by atoms with van der Waals surface area (Å²) in [5.74, 6) is 1.79. The number of nitrogens with one attached hydrogen (secondary N) is 1. The molecule has 726 valence electrons. The zero-order valence-corrected chi connectivity index (χ0v) is 80.4. The second-order valence-electron chi connectivity index (χ2n) is 36.4. The maximum absolute atomic E-state index is 14.0. The van der Waals surface area contributed by atoms with E-state index in [9.17, 15) is 32.8 Å². The molecule has 19 heterocycles. The van der Waals surface area contributed by atoms with Gasteiger partial charge in [-0.25, -0.2) is 33.7 Å². The van der Waals surface area contributed by atoms with Crippen molar-refractivity contribution in [1.82, 2.24) is 71.9 Å². The topological polar surface area (TPSA) is 312 Å². The van der Waals surface area contributed by atoms with Crippen LogP contribution in [0.3, 0.4) is 0 Å². The number of piperazine rings is 3. The Labute approximate surface area is 811 Å². The molecular weight excluding hydrogens is 1790 g/mol. The number of aryl methyl sites for hydroxylation is 2. The van der Waals surface area contributed by atoms with Gasteiger partial charge in [0.25, 0.3) is 27.8 Å². The van der Waals surface area contributed by atoms with Crippen molar-refractivity contribution in [2.75, 3.05) is 178 Å². The van der Waals surface area contributed by atoms with Crippen molar-refractivity contribution in [2.45, 2.75) is 71.0 Å². The Bertz CT molecular complexity index is 7830. The fourth-order valence-corrected chi connectivity index (χ4v) is 19.4. The molecule has 0 spiro atoms. The zero-order valence-electron chi connectivity index (χ0n) is 80.4. The molecule has 23 rings (SSSR count). The van der Waals surface area contributed by atoms with Gasteiger partial charge >= 0.3 is 0 Å². The van der Waals surface area contributed by atoms with Crippen molar-refractivity contribution in [2.24, 2.45) is 5.73 Å². The van der Waals surface area contributed by atoms with Crippen molar-refractivity contribution in [3.05, 3.63) is 294 Å². The second kappa shape index (κ2) is 41.4. The summed E-state index contributed by atoms with van der Waals surface area (Å²) in [5.41, 5.74) is 23.7. The van der Waals surface area contributed by atoms with E-state index in [2.05, 4.69) is 97.6 Å². The fraction of sp³-hybridized carbons (Fsp3) is 0.318. The first-order valence-corrected chi connectivity index (χ1v) is 47.7. The van der Waals surface area contributed by atoms with E-state index in [4.69, 9.17) is 43.5 Å². The minimum absolute atomic E-state index is 0.0785. The van der Waals surface area contributed by atoms with Crippen LogP contribution in [0.2, 0.25) is 0 Å². The number of halogens is 2. The SMILES string of the molecule is CCN1CCN(c2ccc3nc(-c4ccc5nc(C)oc5c4)cc(=O)n3c2)CC1.COc1ccc(-c2cc(=O)n3cc(N4CCC(N(C)C)C4)ccc3c2)cc1F.COc1ccc(-c2cc(=O)n3cc(N4CCC(N)CC4)ccc3c2)cc1F.COc1cnc(-c2cc(=O)n3cc(N4CCNCC4)ccc3n2)cc1OC.Cc1nc2ccc(-c3cc(=O)n4cc(N5CCN6CCC[C@@H]6C5)ccc4n3)cc2o1. The molecule has 141 heavy (non-hydrogen) atoms. The van der Waals surface area contributed by atoms with Gasteiger partial charge in [0.05, 0.1) is 85.8 Å². The van der Waals surface area contributed by atoms with Crippen LogP contribution in [0.1, 0.15) is 50.8 Å². The van der Waals surface area contributed by atoms with Gasteiger partial charge in [-0.1, -0.05) is 31.2 Å². The van der Waals surface area contributed by atoms with Gasteiger partial charge in [-0.05, 0) is 203 Å². The summed E-state index contributed by atoms with van der Waals surface area (Å²) < 4.78 is 67.9. The van der Waals surface area contributed by atoms with Crippen molar-refractivity contribution >= 4 is 78.6 Å². The number of nitrogens with zero attached hydrogens (tertiary/aromatic N) is 19. The van der Waals surface area contributed by atoms with Crippen molar-refractivity contribution in [1.29, 1.82) is 0 Å². The van der Waals surface area contributed by atoms with Crippen LogP contribution in [-0.4, -0.2) is 239 Å². The Balaban J connectivity index is 0.000000112. The molecule has 6 saturated heterocycles. The number of methoxy groups -OCH3 is 4. The number of pyridine rings is 8. The number of hydrogen-bond acceptors (Lipinski definition) is 27. The lowest BCUT2D eigenvalue weighted by Gasteiger charge is -2.38. The minimum atomic E-state index is -0.450. The van der Waals surface area contributed by atoms with Crippen LogP contribution in [-0.2, 0) is 0 Å². The third-order valence-corrected chi connectivity index (χ3v) is 27.4. The molecule has 0 saturated carbocycles. The fourth-order valence-electron chi connectivity index (χ4n) is 19.4. The zero-order chi connectivity index (χ0) is 97.8. The van der Waals surface area contributed by atoms with Gasteiger partial charge in [-0.3, -0.25) is 55.9 Å². The minimum Gasteiger partial charge on any atom is -0.494 e. The highest BCUT2D eigenvalue weighted by Crippen LogP contribution is 2.36. The molecule has 34 heteroatoms. The molecule has 3 N–H and O–H groups in total. The van der Waals surface area contributed by atoms with Crippen LogP contribution < -0.4 is 82.3 Å². The first kappa shape index (κ1) is 94.7. The van der Waals surface area contributed by atoms with Gasteiger partial charge in [-0.2, -0.15) is 0 Å². The molecule has 6 fully saturated rings. The van der Waals surface area contributed by atoms with E-state index in [1.54, 1.807) is 91.0 Å². The van der Waals surface area contributed by atoms with Gasteiger partial charge in [0.2, 0.25) is 0 Å². The summed E-state index contributed by atoms with van der Waals surface area (Å²) >= 11 is 0. The molecule has 6 aliphatic heterocycles. The monoisotopic (exact) mass is 1910 g/mol. The van der Waals surface area contributed by atoms with E-state index in [-0.39, 0.29) is 45.3 Å². The summed E-state index contributed by atoms with van der Waals surface area (Å²) in [6.45, 7) is 22.7. The quantitative estimate of drug-likeness (QED) is 0.0908. The van der Waals surface area contributed by atoms with Crippen LogP contribution in [0.15, 0.2) is 252 Å². The van der Waals surface area contributed by atoms with E-state index < -0.39 is 11.6 Å². The molecule has 0 bridgehead atoms. The Morgan fingerprint density at radius 3 is 1.31 bits per heavy atom. The number of hydrogen-bond donors (Lipinski definition) is 2. The average molecular weight is 1910 g/mol. The van der Waals surface area contributed by atoms with E-state index >= 15 is 0 Å². The van der Waals surface area contributed by atoms with Crippen LogP contribution in [0, 0.1) is 25.5 Å². The molecule has 0 aliphatic carbocycles. The molecule has 6 aliphatic rings. The number of likely N-dealkylation sites (N-methyl/N-ethyl adjacent to an activating group) is 2. The van der Waals surface area contributed by atoms with E-state index in [1.165, 1.54) is 57.9 Å². The number of nitrogens with two attached hydrogens (primary N) is 1. The average Bonchev–Trinajstić information content (AvgIpc) is 1.50. The second-order valence-corrected chi connectivity index (χ2v) is 36.4. The number of aromatic nitrogens is 11.